The Morgan fingerprint density at radius 2 is 1.81 bits per heavy atom. The van der Waals surface area contributed by atoms with Crippen molar-refractivity contribution in [2.75, 3.05) is 11.9 Å². The minimum Gasteiger partial charge on any atom is -0.482 e. The summed E-state index contributed by atoms with van der Waals surface area (Å²) < 4.78 is 5.55. The van der Waals surface area contributed by atoms with Gasteiger partial charge >= 0.3 is 0 Å². The van der Waals surface area contributed by atoms with Gasteiger partial charge < -0.3 is 10.1 Å². The first-order valence-corrected chi connectivity index (χ1v) is 12.6. The molecule has 36 heavy (non-hydrogen) atoms. The monoisotopic (exact) mass is 560 g/mol. The summed E-state index contributed by atoms with van der Waals surface area (Å²) in [4.78, 5) is 38.9. The van der Waals surface area contributed by atoms with E-state index in [1.807, 2.05) is 25.1 Å². The number of anilines is 1. The third-order valence-corrected chi connectivity index (χ3v) is 7.05. The van der Waals surface area contributed by atoms with E-state index in [1.54, 1.807) is 48.5 Å². The van der Waals surface area contributed by atoms with Crippen molar-refractivity contribution in [2.24, 2.45) is 0 Å². The van der Waals surface area contributed by atoms with Crippen LogP contribution in [0.2, 0.25) is 15.1 Å². The number of nitrogens with zero attached hydrogens (tertiary/aromatic N) is 1. The first-order valence-electron chi connectivity index (χ1n) is 10.7. The lowest BCUT2D eigenvalue weighted by atomic mass is 10.2. The molecule has 0 atom stereocenters. The van der Waals surface area contributed by atoms with Crippen LogP contribution in [0.15, 0.2) is 65.6 Å². The highest BCUT2D eigenvalue weighted by atomic mass is 35.5. The Kier molecular flexibility index (Phi) is 8.26. The Bertz CT molecular complexity index is 1390. The van der Waals surface area contributed by atoms with Crippen molar-refractivity contribution in [2.45, 2.75) is 13.5 Å². The van der Waals surface area contributed by atoms with E-state index in [1.165, 1.54) is 0 Å². The zero-order valence-electron chi connectivity index (χ0n) is 18.9. The number of ether oxygens (including phenoxy) is 1. The number of hydrogen-bond donors (Lipinski definition) is 1. The minimum atomic E-state index is -0.416. The number of carbonyl (C=O) groups is 3. The van der Waals surface area contributed by atoms with Crippen molar-refractivity contribution >= 4 is 75.4 Å². The van der Waals surface area contributed by atoms with Crippen molar-refractivity contribution in [3.05, 3.63) is 97.3 Å². The second-order valence-corrected chi connectivity index (χ2v) is 10.1. The standard InChI is InChI=1S/C26H19Cl3N2O4S/c1-15-3-2-4-18(9-15)30-24(32)14-35-22-8-6-16(10-21(22)29)12-23-25(33)31(26(34)36-23)13-17-5-7-19(27)20(28)11-17/h2-12H,13-14H2,1H3,(H,30,32)/b23-12-. The smallest absolute Gasteiger partial charge is 0.293 e. The molecule has 4 rings (SSSR count). The van der Waals surface area contributed by atoms with Gasteiger partial charge in [0, 0.05) is 5.69 Å². The Morgan fingerprint density at radius 3 is 2.53 bits per heavy atom. The second-order valence-electron chi connectivity index (χ2n) is 7.91. The zero-order valence-corrected chi connectivity index (χ0v) is 22.0. The van der Waals surface area contributed by atoms with Crippen molar-refractivity contribution in [3.8, 4) is 5.75 Å². The van der Waals surface area contributed by atoms with Gasteiger partial charge in [0.15, 0.2) is 6.61 Å². The molecule has 0 radical (unpaired) electrons. The maximum absolute atomic E-state index is 12.8. The number of halogens is 3. The minimum absolute atomic E-state index is 0.0804. The summed E-state index contributed by atoms with van der Waals surface area (Å²) >= 11 is 19.1. The molecule has 3 amide bonds. The van der Waals surface area contributed by atoms with Crippen LogP contribution in [0, 0.1) is 6.92 Å². The van der Waals surface area contributed by atoms with E-state index < -0.39 is 5.91 Å². The quantitative estimate of drug-likeness (QED) is 0.309. The lowest BCUT2D eigenvalue weighted by Gasteiger charge is -2.13. The molecule has 1 fully saturated rings. The van der Waals surface area contributed by atoms with E-state index >= 15 is 0 Å². The summed E-state index contributed by atoms with van der Waals surface area (Å²) in [6.45, 7) is 1.79. The molecule has 3 aromatic carbocycles. The predicted octanol–water partition coefficient (Wildman–Crippen LogP) is 7.21. The van der Waals surface area contributed by atoms with Crippen LogP contribution >= 0.6 is 46.6 Å². The predicted molar refractivity (Wildman–Crippen MR) is 145 cm³/mol. The lowest BCUT2D eigenvalue weighted by molar-refractivity contribution is -0.123. The van der Waals surface area contributed by atoms with Crippen LogP contribution in [-0.4, -0.2) is 28.6 Å². The maximum Gasteiger partial charge on any atom is 0.293 e. The molecule has 0 saturated carbocycles. The van der Waals surface area contributed by atoms with Crippen LogP contribution in [0.3, 0.4) is 0 Å². The van der Waals surface area contributed by atoms with E-state index in [4.69, 9.17) is 39.5 Å². The highest BCUT2D eigenvalue weighted by Gasteiger charge is 2.35. The number of carbonyl (C=O) groups excluding carboxylic acids is 3. The molecule has 1 heterocycles. The molecular weight excluding hydrogens is 543 g/mol. The molecule has 1 saturated heterocycles. The second kappa shape index (κ2) is 11.4. The summed E-state index contributed by atoms with van der Waals surface area (Å²) in [5.74, 6) is -0.419. The summed E-state index contributed by atoms with van der Waals surface area (Å²) in [5.41, 5.74) is 3.00. The molecule has 0 bridgehead atoms. The average Bonchev–Trinajstić information content (AvgIpc) is 3.08. The number of rotatable bonds is 7. The van der Waals surface area contributed by atoms with Gasteiger partial charge in [-0.15, -0.1) is 0 Å². The van der Waals surface area contributed by atoms with E-state index in [-0.39, 0.29) is 34.2 Å². The largest absolute Gasteiger partial charge is 0.482 e. The van der Waals surface area contributed by atoms with Crippen LogP contribution in [0.5, 0.6) is 5.75 Å². The first-order chi connectivity index (χ1) is 17.2. The molecule has 1 aliphatic heterocycles. The molecule has 0 unspecified atom stereocenters. The van der Waals surface area contributed by atoms with Gasteiger partial charge in [-0.2, -0.15) is 0 Å². The number of benzene rings is 3. The number of imide groups is 1. The lowest BCUT2D eigenvalue weighted by Crippen LogP contribution is -2.27. The van der Waals surface area contributed by atoms with Crippen LogP contribution in [0.25, 0.3) is 6.08 Å². The van der Waals surface area contributed by atoms with E-state index in [2.05, 4.69) is 5.32 Å². The number of aryl methyl sites for hydroxylation is 1. The fraction of sp³-hybridized carbons (Fsp3) is 0.115. The van der Waals surface area contributed by atoms with Gasteiger partial charge in [-0.05, 0) is 77.9 Å². The molecule has 0 aromatic heterocycles. The highest BCUT2D eigenvalue weighted by Crippen LogP contribution is 2.35. The Hall–Kier alpha value is -2.97. The van der Waals surface area contributed by atoms with Gasteiger partial charge in [0.25, 0.3) is 17.1 Å². The summed E-state index contributed by atoms with van der Waals surface area (Å²) in [6, 6.07) is 17.3. The van der Waals surface area contributed by atoms with Gasteiger partial charge in [-0.1, -0.05) is 59.1 Å². The topological polar surface area (TPSA) is 75.7 Å². The van der Waals surface area contributed by atoms with Crippen LogP contribution in [-0.2, 0) is 16.1 Å². The van der Waals surface area contributed by atoms with Crippen molar-refractivity contribution in [1.82, 2.24) is 4.90 Å². The number of nitrogens with one attached hydrogen (secondary N) is 1. The molecule has 1 N–H and O–H groups in total. The fourth-order valence-corrected chi connectivity index (χ4v) is 4.80. The Labute approximate surface area is 227 Å². The molecule has 184 valence electrons. The van der Waals surface area contributed by atoms with Gasteiger partial charge in [-0.3, -0.25) is 19.3 Å². The SMILES string of the molecule is Cc1cccc(NC(=O)COc2ccc(/C=C3\SC(=O)N(Cc4ccc(Cl)c(Cl)c4)C3=O)cc2Cl)c1. The maximum atomic E-state index is 12.8. The number of hydrogen-bond acceptors (Lipinski definition) is 5. The van der Waals surface area contributed by atoms with Crippen LogP contribution in [0.1, 0.15) is 16.7 Å². The Balaban J connectivity index is 1.39. The highest BCUT2D eigenvalue weighted by molar-refractivity contribution is 8.18. The molecule has 10 heteroatoms. The number of thioether (sulfide) groups is 1. The van der Waals surface area contributed by atoms with Gasteiger partial charge in [0.2, 0.25) is 0 Å². The summed E-state index contributed by atoms with van der Waals surface area (Å²) in [5, 5.41) is 3.38. The van der Waals surface area contributed by atoms with Gasteiger partial charge in [0.05, 0.1) is 26.5 Å². The zero-order chi connectivity index (χ0) is 25.8. The van der Waals surface area contributed by atoms with Crippen molar-refractivity contribution in [3.63, 3.8) is 0 Å². The molecule has 6 nitrogen and oxygen atoms in total. The van der Waals surface area contributed by atoms with Gasteiger partial charge in [-0.25, -0.2) is 0 Å². The first kappa shape index (κ1) is 26.1. The van der Waals surface area contributed by atoms with Crippen LogP contribution in [0.4, 0.5) is 10.5 Å². The molecule has 1 aliphatic rings. The van der Waals surface area contributed by atoms with Crippen LogP contribution < -0.4 is 10.1 Å². The molecule has 3 aromatic rings. The third kappa shape index (κ3) is 6.42. The van der Waals surface area contributed by atoms with E-state index in [0.717, 1.165) is 22.2 Å². The average molecular weight is 562 g/mol. The Morgan fingerprint density at radius 1 is 1.00 bits per heavy atom. The number of amides is 3. The molecule has 0 spiro atoms. The normalized spacial score (nSPS) is 14.4. The third-order valence-electron chi connectivity index (χ3n) is 5.11. The van der Waals surface area contributed by atoms with Gasteiger partial charge in [0.1, 0.15) is 5.75 Å². The molecule has 0 aliphatic carbocycles. The summed E-state index contributed by atoms with van der Waals surface area (Å²) in [7, 11) is 0. The van der Waals surface area contributed by atoms with Crippen molar-refractivity contribution in [1.29, 1.82) is 0 Å². The van der Waals surface area contributed by atoms with Crippen molar-refractivity contribution < 1.29 is 19.1 Å². The van der Waals surface area contributed by atoms with E-state index in [9.17, 15) is 14.4 Å². The molecular formula is C26H19Cl3N2O4S. The van der Waals surface area contributed by atoms with E-state index in [0.29, 0.717) is 32.6 Å². The fourth-order valence-electron chi connectivity index (χ4n) is 3.40. The summed E-state index contributed by atoms with van der Waals surface area (Å²) in [6.07, 6.45) is 1.58.